The molecule has 6 nitrogen and oxygen atoms in total. The lowest BCUT2D eigenvalue weighted by atomic mass is 10.0. The standard InChI is InChI=1S/C69H112O6/c1-4-7-10-13-16-19-22-25-28-30-32-33-34-35-37-38-41-44-47-50-53-56-59-62-68(71)74-65-66(64-73-67(70)61-58-55-52-49-46-43-40-27-24-21-18-15-12-9-6-3)75-69(72)63-60-57-54-51-48-45-42-39-36-31-29-26-23-20-17-14-11-8-5-2/h8-9,11-12,17-18,20-21,26-27,29-30,32,36,39-40,45-46,48-49,55,58,66H,4-7,10,13-16,19,22-25,28,31,33-35,37-38,41-44,47,50-54,56-57,59-65H2,1-3H3/b11-8-,12-9-,20-17-,21-18-,29-26-,32-30-,39-36-,40-27-,48-45-,49-46-,58-55-. The molecule has 6 heteroatoms. The molecule has 0 rings (SSSR count). The fourth-order valence-electron chi connectivity index (χ4n) is 8.13. The van der Waals surface area contributed by atoms with Crippen LogP contribution < -0.4 is 0 Å². The van der Waals surface area contributed by atoms with Gasteiger partial charge in [0.15, 0.2) is 6.10 Å². The van der Waals surface area contributed by atoms with Crippen molar-refractivity contribution in [3.8, 4) is 0 Å². The first-order valence-corrected chi connectivity index (χ1v) is 30.7. The summed E-state index contributed by atoms with van der Waals surface area (Å²) in [6.45, 7) is 6.30. The Morgan fingerprint density at radius 3 is 0.960 bits per heavy atom. The maximum atomic E-state index is 12.9. The van der Waals surface area contributed by atoms with Crippen LogP contribution in [-0.4, -0.2) is 37.2 Å². The van der Waals surface area contributed by atoms with Gasteiger partial charge in [-0.2, -0.15) is 0 Å². The minimum absolute atomic E-state index is 0.114. The van der Waals surface area contributed by atoms with Crippen molar-refractivity contribution in [3.05, 3.63) is 134 Å². The van der Waals surface area contributed by atoms with Crippen LogP contribution in [0, 0.1) is 0 Å². The fraction of sp³-hybridized carbons (Fsp3) is 0.638. The molecule has 0 aromatic rings. The molecule has 0 saturated heterocycles. The zero-order valence-electron chi connectivity index (χ0n) is 48.5. The summed E-state index contributed by atoms with van der Waals surface area (Å²) in [6.07, 6.45) is 87.7. The minimum Gasteiger partial charge on any atom is -0.462 e. The van der Waals surface area contributed by atoms with E-state index >= 15 is 0 Å². The van der Waals surface area contributed by atoms with Crippen molar-refractivity contribution in [1.29, 1.82) is 0 Å². The van der Waals surface area contributed by atoms with Gasteiger partial charge in [0.25, 0.3) is 0 Å². The summed E-state index contributed by atoms with van der Waals surface area (Å²) in [6, 6.07) is 0. The van der Waals surface area contributed by atoms with Gasteiger partial charge in [-0.05, 0) is 116 Å². The molecule has 1 unspecified atom stereocenters. The second kappa shape index (κ2) is 62.1. The summed E-state index contributed by atoms with van der Waals surface area (Å²) in [5, 5.41) is 0. The largest absolute Gasteiger partial charge is 0.462 e. The molecule has 0 amide bonds. The van der Waals surface area contributed by atoms with Gasteiger partial charge in [-0.1, -0.05) is 264 Å². The van der Waals surface area contributed by atoms with Gasteiger partial charge >= 0.3 is 17.9 Å². The van der Waals surface area contributed by atoms with Gasteiger partial charge in [-0.15, -0.1) is 0 Å². The van der Waals surface area contributed by atoms with Crippen LogP contribution in [0.5, 0.6) is 0 Å². The van der Waals surface area contributed by atoms with E-state index in [4.69, 9.17) is 14.2 Å². The van der Waals surface area contributed by atoms with E-state index in [1.54, 1.807) is 6.08 Å². The lowest BCUT2D eigenvalue weighted by Gasteiger charge is -2.18. The highest BCUT2D eigenvalue weighted by Gasteiger charge is 2.19. The van der Waals surface area contributed by atoms with E-state index in [-0.39, 0.29) is 38.0 Å². The van der Waals surface area contributed by atoms with Crippen molar-refractivity contribution in [2.45, 2.75) is 271 Å². The second-order valence-corrected chi connectivity index (χ2v) is 19.9. The highest BCUT2D eigenvalue weighted by molar-refractivity contribution is 5.72. The lowest BCUT2D eigenvalue weighted by molar-refractivity contribution is -0.166. The molecule has 0 aliphatic rings. The fourth-order valence-corrected chi connectivity index (χ4v) is 8.13. The number of esters is 3. The molecule has 1 atom stereocenters. The van der Waals surface area contributed by atoms with Gasteiger partial charge in [-0.3, -0.25) is 14.4 Å². The number of allylic oxidation sites excluding steroid dienone is 21. The Bertz CT molecular complexity index is 1620. The Labute approximate surface area is 462 Å². The number of rotatable bonds is 54. The highest BCUT2D eigenvalue weighted by Crippen LogP contribution is 2.15. The minimum atomic E-state index is -0.841. The van der Waals surface area contributed by atoms with Crippen molar-refractivity contribution in [1.82, 2.24) is 0 Å². The average Bonchev–Trinajstić information content (AvgIpc) is 3.41. The Morgan fingerprint density at radius 1 is 0.293 bits per heavy atom. The molecule has 0 aliphatic carbocycles. The lowest BCUT2D eigenvalue weighted by Crippen LogP contribution is -2.30. The predicted molar refractivity (Wildman–Crippen MR) is 325 cm³/mol. The number of carbonyl (C=O) groups is 3. The van der Waals surface area contributed by atoms with E-state index in [2.05, 4.69) is 142 Å². The zero-order chi connectivity index (χ0) is 54.3. The van der Waals surface area contributed by atoms with Crippen LogP contribution in [0.15, 0.2) is 134 Å². The third kappa shape index (κ3) is 60.3. The number of hydrogen-bond donors (Lipinski definition) is 0. The average molecular weight is 1040 g/mol. The van der Waals surface area contributed by atoms with Crippen molar-refractivity contribution >= 4 is 17.9 Å². The number of hydrogen-bond acceptors (Lipinski definition) is 6. The van der Waals surface area contributed by atoms with Gasteiger partial charge in [0, 0.05) is 12.8 Å². The summed E-state index contributed by atoms with van der Waals surface area (Å²) in [5.41, 5.74) is 0. The summed E-state index contributed by atoms with van der Waals surface area (Å²) in [4.78, 5) is 38.2. The molecule has 0 saturated carbocycles. The molecule has 0 N–H and O–H groups in total. The van der Waals surface area contributed by atoms with E-state index in [9.17, 15) is 14.4 Å². The van der Waals surface area contributed by atoms with E-state index < -0.39 is 12.1 Å². The Hall–Kier alpha value is -4.45. The van der Waals surface area contributed by atoms with Gasteiger partial charge in [0.1, 0.15) is 13.2 Å². The third-order valence-corrected chi connectivity index (χ3v) is 12.7. The van der Waals surface area contributed by atoms with Crippen molar-refractivity contribution in [2.75, 3.05) is 13.2 Å². The Morgan fingerprint density at radius 2 is 0.573 bits per heavy atom. The molecule has 0 fully saturated rings. The maximum absolute atomic E-state index is 12.9. The van der Waals surface area contributed by atoms with E-state index in [0.29, 0.717) is 12.8 Å². The third-order valence-electron chi connectivity index (χ3n) is 12.7. The van der Waals surface area contributed by atoms with Crippen molar-refractivity contribution in [3.63, 3.8) is 0 Å². The van der Waals surface area contributed by atoms with E-state index in [1.807, 2.05) is 6.08 Å². The van der Waals surface area contributed by atoms with Crippen LogP contribution in [0.1, 0.15) is 265 Å². The first-order valence-electron chi connectivity index (χ1n) is 30.7. The Kier molecular flexibility index (Phi) is 58.4. The summed E-state index contributed by atoms with van der Waals surface area (Å²) in [5.74, 6) is -1.09. The van der Waals surface area contributed by atoms with Crippen molar-refractivity contribution in [2.24, 2.45) is 0 Å². The van der Waals surface area contributed by atoms with Crippen LogP contribution in [0.25, 0.3) is 0 Å². The normalized spacial score (nSPS) is 13.1. The van der Waals surface area contributed by atoms with Crippen LogP contribution in [0.3, 0.4) is 0 Å². The van der Waals surface area contributed by atoms with Gasteiger partial charge in [0.2, 0.25) is 0 Å². The molecule has 0 radical (unpaired) electrons. The van der Waals surface area contributed by atoms with Gasteiger partial charge in [-0.25, -0.2) is 0 Å². The monoisotopic (exact) mass is 1040 g/mol. The van der Waals surface area contributed by atoms with E-state index in [1.165, 1.54) is 116 Å². The quantitative estimate of drug-likeness (QED) is 0.0261. The SMILES string of the molecule is CC/C=C\C/C=C\C/C=C\C/C=C\C/C=C\CCCCCC(=O)OC(COC(=O)C/C=C\C/C=C\C/C=C\C/C=C\C/C=C\CC)COC(=O)CCCCCCCCCCCCC/C=C\CCCCCCCCCC. The zero-order valence-corrected chi connectivity index (χ0v) is 48.5. The van der Waals surface area contributed by atoms with Gasteiger partial charge in [0.05, 0.1) is 6.42 Å². The smallest absolute Gasteiger partial charge is 0.309 e. The molecule has 75 heavy (non-hydrogen) atoms. The van der Waals surface area contributed by atoms with Crippen LogP contribution in [0.4, 0.5) is 0 Å². The number of ether oxygens (including phenoxy) is 3. The molecule has 0 bridgehead atoms. The van der Waals surface area contributed by atoms with Gasteiger partial charge < -0.3 is 14.2 Å². The molecule has 0 aliphatic heterocycles. The molecular formula is C69H112O6. The van der Waals surface area contributed by atoms with Crippen LogP contribution in [-0.2, 0) is 28.6 Å². The summed E-state index contributed by atoms with van der Waals surface area (Å²) in [7, 11) is 0. The highest BCUT2D eigenvalue weighted by atomic mass is 16.6. The molecule has 0 spiro atoms. The molecule has 424 valence electrons. The summed E-state index contributed by atoms with van der Waals surface area (Å²) >= 11 is 0. The second-order valence-electron chi connectivity index (χ2n) is 19.9. The molecule has 0 aromatic heterocycles. The Balaban J connectivity index is 4.49. The number of unbranched alkanes of at least 4 members (excludes halogenated alkanes) is 22. The van der Waals surface area contributed by atoms with E-state index in [0.717, 1.165) is 103 Å². The van der Waals surface area contributed by atoms with Crippen LogP contribution in [0.2, 0.25) is 0 Å². The summed E-state index contributed by atoms with van der Waals surface area (Å²) < 4.78 is 16.8. The predicted octanol–water partition coefficient (Wildman–Crippen LogP) is 21.0. The van der Waals surface area contributed by atoms with Crippen molar-refractivity contribution < 1.29 is 28.6 Å². The maximum Gasteiger partial charge on any atom is 0.309 e. The number of carbonyl (C=O) groups excluding carboxylic acids is 3. The molecule has 0 heterocycles. The topological polar surface area (TPSA) is 78.9 Å². The molecule has 0 aromatic carbocycles. The van der Waals surface area contributed by atoms with Crippen LogP contribution >= 0.6 is 0 Å². The first-order chi connectivity index (χ1) is 37.0. The first kappa shape index (κ1) is 70.5. The molecular weight excluding hydrogens is 925 g/mol.